The number of rotatable bonds is 3. The van der Waals surface area contributed by atoms with Crippen LogP contribution in [-0.2, 0) is 0 Å². The molecule has 0 unspecified atom stereocenters. The van der Waals surface area contributed by atoms with E-state index in [1.807, 2.05) is 25.9 Å². The molecular weight excluding hydrogens is 166 g/mol. The van der Waals surface area contributed by atoms with E-state index in [9.17, 15) is 0 Å². The molecule has 0 N–H and O–H groups in total. The van der Waals surface area contributed by atoms with E-state index in [1.54, 1.807) is 6.20 Å². The Balaban J connectivity index is 2.84. The van der Waals surface area contributed by atoms with Crippen molar-refractivity contribution < 1.29 is 4.52 Å². The summed E-state index contributed by atoms with van der Waals surface area (Å²) in [6.45, 7) is 6.78. The highest BCUT2D eigenvalue weighted by molar-refractivity contribution is 5.98. The van der Waals surface area contributed by atoms with Crippen molar-refractivity contribution in [3.63, 3.8) is 0 Å². The number of hydrogen-bond acceptors (Lipinski definition) is 4. The van der Waals surface area contributed by atoms with Gasteiger partial charge in [-0.2, -0.15) is 5.10 Å². The maximum absolute atomic E-state index is 4.95. The van der Waals surface area contributed by atoms with Gasteiger partial charge in [0.1, 0.15) is 5.76 Å². The lowest BCUT2D eigenvalue weighted by molar-refractivity contribution is 0.375. The molecule has 0 amide bonds. The second-order valence-electron chi connectivity index (χ2n) is 2.95. The zero-order valence-electron chi connectivity index (χ0n) is 8.53. The normalized spacial score (nSPS) is 11.8. The molecule has 4 nitrogen and oxygen atoms in total. The van der Waals surface area contributed by atoms with E-state index >= 15 is 0 Å². The molecule has 0 atom stereocenters. The Morgan fingerprint density at radius 2 is 2.38 bits per heavy atom. The Bertz CT molecular complexity index is 304. The smallest absolute Gasteiger partial charge is 0.142 e. The van der Waals surface area contributed by atoms with Gasteiger partial charge in [-0.1, -0.05) is 5.16 Å². The van der Waals surface area contributed by atoms with Crippen LogP contribution < -0.4 is 0 Å². The van der Waals surface area contributed by atoms with Gasteiger partial charge in [-0.05, 0) is 20.8 Å². The molecule has 72 valence electrons. The molecule has 1 aromatic rings. The molecule has 0 bridgehead atoms. The largest absolute Gasteiger partial charge is 0.361 e. The minimum absolute atomic E-state index is 0.811. The van der Waals surface area contributed by atoms with Crippen LogP contribution in [0.1, 0.15) is 25.2 Å². The van der Waals surface area contributed by atoms with Crippen LogP contribution in [0, 0.1) is 6.92 Å². The van der Waals surface area contributed by atoms with Crippen LogP contribution in [0.25, 0.3) is 0 Å². The van der Waals surface area contributed by atoms with Crippen LogP contribution in [0.5, 0.6) is 0 Å². The molecule has 4 heteroatoms. The first kappa shape index (κ1) is 9.77. The number of aromatic nitrogens is 1. The lowest BCUT2D eigenvalue weighted by Crippen LogP contribution is -2.12. The van der Waals surface area contributed by atoms with Crippen LogP contribution >= 0.6 is 0 Å². The van der Waals surface area contributed by atoms with Gasteiger partial charge < -0.3 is 9.53 Å². The first-order valence-corrected chi connectivity index (χ1v) is 4.33. The van der Waals surface area contributed by atoms with Crippen molar-refractivity contribution >= 4 is 5.71 Å². The van der Waals surface area contributed by atoms with E-state index < -0.39 is 0 Å². The van der Waals surface area contributed by atoms with Gasteiger partial charge >= 0.3 is 0 Å². The van der Waals surface area contributed by atoms with Gasteiger partial charge in [-0.25, -0.2) is 0 Å². The van der Waals surface area contributed by atoms with E-state index in [0.29, 0.717) is 0 Å². The first-order chi connectivity index (χ1) is 6.15. The second-order valence-corrected chi connectivity index (χ2v) is 2.95. The van der Waals surface area contributed by atoms with Crippen LogP contribution in [0.2, 0.25) is 0 Å². The first-order valence-electron chi connectivity index (χ1n) is 4.33. The third-order valence-electron chi connectivity index (χ3n) is 1.92. The Morgan fingerprint density at radius 1 is 1.69 bits per heavy atom. The van der Waals surface area contributed by atoms with Crippen molar-refractivity contribution in [1.29, 1.82) is 0 Å². The van der Waals surface area contributed by atoms with Gasteiger partial charge in [0, 0.05) is 13.6 Å². The van der Waals surface area contributed by atoms with Crippen molar-refractivity contribution in [2.45, 2.75) is 20.8 Å². The van der Waals surface area contributed by atoms with Gasteiger partial charge in [0.15, 0.2) is 0 Å². The highest BCUT2D eigenvalue weighted by Crippen LogP contribution is 2.07. The minimum atomic E-state index is 0.811. The standard InChI is InChI=1S/C9H15N3O/c1-5-12(4)11-7(2)9-6-10-13-8(9)3/h6H,5H2,1-4H3/b11-7+. The highest BCUT2D eigenvalue weighted by atomic mass is 16.5. The second kappa shape index (κ2) is 4.07. The summed E-state index contributed by atoms with van der Waals surface area (Å²) < 4.78 is 4.95. The van der Waals surface area contributed by atoms with E-state index in [0.717, 1.165) is 23.6 Å². The number of hydrazone groups is 1. The van der Waals surface area contributed by atoms with Crippen molar-refractivity contribution in [2.24, 2.45) is 5.10 Å². The number of nitrogens with zero attached hydrogens (tertiary/aromatic N) is 3. The summed E-state index contributed by atoms with van der Waals surface area (Å²) in [6.07, 6.45) is 1.69. The summed E-state index contributed by atoms with van der Waals surface area (Å²) >= 11 is 0. The average molecular weight is 181 g/mol. The molecule has 1 rings (SSSR count). The Labute approximate surface area is 78.2 Å². The number of aryl methyl sites for hydroxylation is 1. The predicted octanol–water partition coefficient (Wildman–Crippen LogP) is 1.66. The maximum atomic E-state index is 4.95. The van der Waals surface area contributed by atoms with Crippen molar-refractivity contribution in [3.8, 4) is 0 Å². The summed E-state index contributed by atoms with van der Waals surface area (Å²) in [5.74, 6) is 0.811. The predicted molar refractivity (Wildman–Crippen MR) is 51.8 cm³/mol. The molecule has 0 aromatic carbocycles. The summed E-state index contributed by atoms with van der Waals surface area (Å²) in [7, 11) is 1.94. The zero-order chi connectivity index (χ0) is 9.84. The molecule has 0 radical (unpaired) electrons. The number of hydrogen-bond donors (Lipinski definition) is 0. The molecule has 0 aliphatic rings. The molecule has 0 aliphatic heterocycles. The van der Waals surface area contributed by atoms with Gasteiger partial charge in [0.05, 0.1) is 17.5 Å². The molecule has 0 saturated carbocycles. The molecule has 0 fully saturated rings. The van der Waals surface area contributed by atoms with E-state index in [2.05, 4.69) is 17.2 Å². The molecule has 0 saturated heterocycles. The SMILES string of the molecule is CCN(C)/N=C(\C)c1cnoc1C. The van der Waals surface area contributed by atoms with Gasteiger partial charge in [-0.3, -0.25) is 0 Å². The average Bonchev–Trinajstić information content (AvgIpc) is 2.51. The summed E-state index contributed by atoms with van der Waals surface area (Å²) in [5.41, 5.74) is 1.91. The fourth-order valence-electron chi connectivity index (χ4n) is 1.03. The van der Waals surface area contributed by atoms with E-state index in [4.69, 9.17) is 4.52 Å². The van der Waals surface area contributed by atoms with Crippen LogP contribution in [0.4, 0.5) is 0 Å². The molecule has 0 aliphatic carbocycles. The molecule has 13 heavy (non-hydrogen) atoms. The monoisotopic (exact) mass is 181 g/mol. The summed E-state index contributed by atoms with van der Waals surface area (Å²) in [5, 5.41) is 9.93. The van der Waals surface area contributed by atoms with E-state index in [-0.39, 0.29) is 0 Å². The lowest BCUT2D eigenvalue weighted by Gasteiger charge is -2.10. The van der Waals surface area contributed by atoms with E-state index in [1.165, 1.54) is 0 Å². The molecule has 0 spiro atoms. The Hall–Kier alpha value is -1.32. The minimum Gasteiger partial charge on any atom is -0.361 e. The zero-order valence-corrected chi connectivity index (χ0v) is 8.53. The van der Waals surface area contributed by atoms with Crippen LogP contribution in [0.15, 0.2) is 15.8 Å². The van der Waals surface area contributed by atoms with Gasteiger partial charge in [0.25, 0.3) is 0 Å². The molecule has 1 aromatic heterocycles. The summed E-state index contributed by atoms with van der Waals surface area (Å²) in [6, 6.07) is 0. The van der Waals surface area contributed by atoms with Crippen molar-refractivity contribution in [1.82, 2.24) is 10.2 Å². The summed E-state index contributed by atoms with van der Waals surface area (Å²) in [4.78, 5) is 0. The quantitative estimate of drug-likeness (QED) is 0.526. The van der Waals surface area contributed by atoms with Crippen LogP contribution in [0.3, 0.4) is 0 Å². The Kier molecular flexibility index (Phi) is 3.06. The Morgan fingerprint density at radius 3 is 2.85 bits per heavy atom. The maximum Gasteiger partial charge on any atom is 0.142 e. The van der Waals surface area contributed by atoms with Gasteiger partial charge in [-0.15, -0.1) is 0 Å². The highest BCUT2D eigenvalue weighted by Gasteiger charge is 2.06. The van der Waals surface area contributed by atoms with Crippen molar-refractivity contribution in [3.05, 3.63) is 17.5 Å². The van der Waals surface area contributed by atoms with Gasteiger partial charge in [0.2, 0.25) is 0 Å². The van der Waals surface area contributed by atoms with Crippen molar-refractivity contribution in [2.75, 3.05) is 13.6 Å². The fourth-order valence-corrected chi connectivity index (χ4v) is 1.03. The topological polar surface area (TPSA) is 41.6 Å². The molecular formula is C9H15N3O. The fraction of sp³-hybridized carbons (Fsp3) is 0.556. The third-order valence-corrected chi connectivity index (χ3v) is 1.92. The lowest BCUT2D eigenvalue weighted by atomic mass is 10.2. The molecule has 1 heterocycles. The van der Waals surface area contributed by atoms with Crippen LogP contribution in [-0.4, -0.2) is 29.5 Å². The third kappa shape index (κ3) is 2.31.